The predicted octanol–water partition coefficient (Wildman–Crippen LogP) is 2.80. The molecule has 0 aromatic carbocycles. The SMILES string of the molecule is CCN(CC)C(=S)S[C@@H](C)c1nnc(C)o1. The summed E-state index contributed by atoms with van der Waals surface area (Å²) in [5.41, 5.74) is 0. The van der Waals surface area contributed by atoms with Crippen molar-refractivity contribution in [3.05, 3.63) is 11.8 Å². The molecule has 0 N–H and O–H groups in total. The number of aryl methyl sites for hydroxylation is 1. The number of thioether (sulfide) groups is 1. The van der Waals surface area contributed by atoms with Crippen molar-refractivity contribution in [2.24, 2.45) is 0 Å². The zero-order chi connectivity index (χ0) is 12.1. The highest BCUT2D eigenvalue weighted by Crippen LogP contribution is 2.29. The van der Waals surface area contributed by atoms with Gasteiger partial charge in [0.2, 0.25) is 11.8 Å². The van der Waals surface area contributed by atoms with Crippen LogP contribution in [-0.2, 0) is 0 Å². The van der Waals surface area contributed by atoms with E-state index in [0.29, 0.717) is 11.8 Å². The molecule has 1 atom stereocenters. The fourth-order valence-corrected chi connectivity index (χ4v) is 2.83. The Labute approximate surface area is 106 Å². The van der Waals surface area contributed by atoms with Gasteiger partial charge in [-0.2, -0.15) is 0 Å². The summed E-state index contributed by atoms with van der Waals surface area (Å²) in [4.78, 5) is 2.14. The smallest absolute Gasteiger partial charge is 0.229 e. The van der Waals surface area contributed by atoms with Crippen LogP contribution in [0, 0.1) is 6.92 Å². The van der Waals surface area contributed by atoms with E-state index in [0.717, 1.165) is 17.4 Å². The van der Waals surface area contributed by atoms with Crippen LogP contribution in [0.2, 0.25) is 0 Å². The molecule has 0 radical (unpaired) electrons. The lowest BCUT2D eigenvalue weighted by molar-refractivity contribution is 0.468. The van der Waals surface area contributed by atoms with E-state index in [1.807, 2.05) is 6.92 Å². The summed E-state index contributed by atoms with van der Waals surface area (Å²) in [5, 5.41) is 7.91. The predicted molar refractivity (Wildman–Crippen MR) is 70.6 cm³/mol. The van der Waals surface area contributed by atoms with E-state index in [9.17, 15) is 0 Å². The number of hydrogen-bond acceptors (Lipinski definition) is 5. The molecule has 0 unspecified atom stereocenters. The van der Waals surface area contributed by atoms with Gasteiger partial charge in [0.15, 0.2) is 0 Å². The average molecular weight is 259 g/mol. The van der Waals surface area contributed by atoms with Gasteiger partial charge in [-0.3, -0.25) is 0 Å². The lowest BCUT2D eigenvalue weighted by Crippen LogP contribution is -2.27. The lowest BCUT2D eigenvalue weighted by Gasteiger charge is -2.22. The van der Waals surface area contributed by atoms with E-state index in [1.165, 1.54) is 0 Å². The Morgan fingerprint density at radius 3 is 2.50 bits per heavy atom. The minimum Gasteiger partial charge on any atom is -0.424 e. The largest absolute Gasteiger partial charge is 0.424 e. The molecule has 0 amide bonds. The Morgan fingerprint density at radius 2 is 2.06 bits per heavy atom. The molecule has 0 spiro atoms. The molecule has 90 valence electrons. The third kappa shape index (κ3) is 3.45. The second-order valence-electron chi connectivity index (χ2n) is 3.36. The van der Waals surface area contributed by atoms with Crippen molar-refractivity contribution < 1.29 is 4.42 Å². The van der Waals surface area contributed by atoms with Gasteiger partial charge in [0.1, 0.15) is 4.32 Å². The van der Waals surface area contributed by atoms with Crippen LogP contribution in [0.5, 0.6) is 0 Å². The van der Waals surface area contributed by atoms with Crippen LogP contribution < -0.4 is 0 Å². The Bertz CT molecular complexity index is 350. The highest BCUT2D eigenvalue weighted by atomic mass is 32.2. The molecular weight excluding hydrogens is 242 g/mol. The van der Waals surface area contributed by atoms with Crippen LogP contribution in [0.1, 0.15) is 37.8 Å². The first-order valence-corrected chi connectivity index (χ1v) is 6.62. The van der Waals surface area contributed by atoms with E-state index in [4.69, 9.17) is 16.6 Å². The summed E-state index contributed by atoms with van der Waals surface area (Å²) in [6.07, 6.45) is 0. The number of thiocarbonyl (C=S) groups is 1. The average Bonchev–Trinajstić information content (AvgIpc) is 2.66. The van der Waals surface area contributed by atoms with Gasteiger partial charge in [-0.15, -0.1) is 10.2 Å². The summed E-state index contributed by atoms with van der Waals surface area (Å²) in [6, 6.07) is 0. The van der Waals surface area contributed by atoms with E-state index >= 15 is 0 Å². The molecule has 0 bridgehead atoms. The van der Waals surface area contributed by atoms with Gasteiger partial charge < -0.3 is 9.32 Å². The van der Waals surface area contributed by atoms with Gasteiger partial charge >= 0.3 is 0 Å². The number of rotatable bonds is 4. The van der Waals surface area contributed by atoms with Gasteiger partial charge in [-0.1, -0.05) is 24.0 Å². The molecule has 6 heteroatoms. The minimum atomic E-state index is 0.106. The Kier molecular flexibility index (Phi) is 5.21. The lowest BCUT2D eigenvalue weighted by atomic mass is 10.5. The Hall–Kier alpha value is -0.620. The van der Waals surface area contributed by atoms with Gasteiger partial charge in [0.05, 0.1) is 5.25 Å². The van der Waals surface area contributed by atoms with Crippen LogP contribution in [-0.4, -0.2) is 32.5 Å². The molecule has 0 aliphatic heterocycles. The molecule has 1 aromatic rings. The molecule has 0 aliphatic carbocycles. The van der Waals surface area contributed by atoms with Gasteiger partial charge in [-0.25, -0.2) is 0 Å². The summed E-state index contributed by atoms with van der Waals surface area (Å²) in [7, 11) is 0. The summed E-state index contributed by atoms with van der Waals surface area (Å²) < 4.78 is 6.25. The summed E-state index contributed by atoms with van der Waals surface area (Å²) in [6.45, 7) is 9.86. The summed E-state index contributed by atoms with van der Waals surface area (Å²) in [5.74, 6) is 1.23. The third-order valence-corrected chi connectivity index (χ3v) is 3.75. The standard InChI is InChI=1S/C10H17N3OS2/c1-5-13(6-2)10(15)16-7(3)9-12-11-8(4)14-9/h7H,5-6H2,1-4H3/t7-/m0/s1. The van der Waals surface area contributed by atoms with E-state index in [1.54, 1.807) is 18.7 Å². The van der Waals surface area contributed by atoms with Crippen LogP contribution in [0.4, 0.5) is 0 Å². The second-order valence-corrected chi connectivity index (χ2v) is 5.33. The number of hydrogen-bond donors (Lipinski definition) is 0. The van der Waals surface area contributed by atoms with Gasteiger partial charge in [-0.05, 0) is 20.8 Å². The Morgan fingerprint density at radius 1 is 1.44 bits per heavy atom. The maximum absolute atomic E-state index is 5.37. The first-order valence-electron chi connectivity index (χ1n) is 5.34. The van der Waals surface area contributed by atoms with Gasteiger partial charge in [0, 0.05) is 20.0 Å². The molecule has 1 heterocycles. The fraction of sp³-hybridized carbons (Fsp3) is 0.700. The van der Waals surface area contributed by atoms with Crippen LogP contribution in [0.3, 0.4) is 0 Å². The highest BCUT2D eigenvalue weighted by Gasteiger charge is 2.17. The minimum absolute atomic E-state index is 0.106. The Balaban J connectivity index is 2.57. The van der Waals surface area contributed by atoms with E-state index < -0.39 is 0 Å². The number of nitrogens with zero attached hydrogens (tertiary/aromatic N) is 3. The van der Waals surface area contributed by atoms with Crippen molar-refractivity contribution >= 4 is 28.3 Å². The molecule has 1 rings (SSSR count). The number of aromatic nitrogens is 2. The van der Waals surface area contributed by atoms with Gasteiger partial charge in [0.25, 0.3) is 0 Å². The van der Waals surface area contributed by atoms with Crippen molar-refractivity contribution in [3.63, 3.8) is 0 Å². The first kappa shape index (κ1) is 13.4. The molecule has 16 heavy (non-hydrogen) atoms. The van der Waals surface area contributed by atoms with Crippen molar-refractivity contribution in [3.8, 4) is 0 Å². The molecule has 0 saturated carbocycles. The molecule has 1 aromatic heterocycles. The topological polar surface area (TPSA) is 42.2 Å². The molecule has 4 nitrogen and oxygen atoms in total. The first-order chi connectivity index (χ1) is 7.58. The molecule has 0 fully saturated rings. The van der Waals surface area contributed by atoms with Crippen LogP contribution >= 0.6 is 24.0 Å². The van der Waals surface area contributed by atoms with E-state index in [2.05, 4.69) is 28.9 Å². The molecule has 0 saturated heterocycles. The maximum Gasteiger partial charge on any atom is 0.229 e. The summed E-state index contributed by atoms with van der Waals surface area (Å²) >= 11 is 6.94. The third-order valence-electron chi connectivity index (χ3n) is 2.19. The normalized spacial score (nSPS) is 12.5. The fourth-order valence-electron chi connectivity index (χ4n) is 1.23. The van der Waals surface area contributed by atoms with Crippen molar-refractivity contribution in [1.82, 2.24) is 15.1 Å². The quantitative estimate of drug-likeness (QED) is 0.775. The zero-order valence-corrected chi connectivity index (χ0v) is 11.7. The molecular formula is C10H17N3OS2. The molecule has 0 aliphatic rings. The van der Waals surface area contributed by atoms with E-state index in [-0.39, 0.29) is 5.25 Å². The monoisotopic (exact) mass is 259 g/mol. The maximum atomic E-state index is 5.37. The van der Waals surface area contributed by atoms with Crippen LogP contribution in [0.15, 0.2) is 4.42 Å². The second kappa shape index (κ2) is 6.20. The van der Waals surface area contributed by atoms with Crippen molar-refractivity contribution in [2.45, 2.75) is 32.9 Å². The highest BCUT2D eigenvalue weighted by molar-refractivity contribution is 8.23. The van der Waals surface area contributed by atoms with Crippen LogP contribution in [0.25, 0.3) is 0 Å². The zero-order valence-electron chi connectivity index (χ0n) is 10.1. The van der Waals surface area contributed by atoms with Crippen molar-refractivity contribution in [1.29, 1.82) is 0 Å². The van der Waals surface area contributed by atoms with Crippen molar-refractivity contribution in [2.75, 3.05) is 13.1 Å².